The maximum Gasteiger partial charge on any atom is 0.420 e. The van der Waals surface area contributed by atoms with Crippen LogP contribution < -0.4 is 10.5 Å². The zero-order chi connectivity index (χ0) is 12.5. The van der Waals surface area contributed by atoms with E-state index >= 15 is 0 Å². The Hall–Kier alpha value is -1.05. The predicted molar refractivity (Wildman–Crippen MR) is 50.2 cm³/mol. The van der Waals surface area contributed by atoms with Crippen LogP contribution in [0, 0.1) is 0 Å². The van der Waals surface area contributed by atoms with Crippen LogP contribution in [0.4, 0.5) is 27.6 Å². The van der Waals surface area contributed by atoms with Crippen molar-refractivity contribution in [1.82, 2.24) is 0 Å². The summed E-state index contributed by atoms with van der Waals surface area (Å²) in [6, 6.07) is 1.67. The fraction of sp³-hybridized carbons (Fsp3) is 0.250. The number of hydrogen-bond acceptors (Lipinski definition) is 2. The van der Waals surface area contributed by atoms with Gasteiger partial charge in [-0.2, -0.15) is 22.0 Å². The van der Waals surface area contributed by atoms with Crippen molar-refractivity contribution in [2.24, 2.45) is 0 Å². The summed E-state index contributed by atoms with van der Waals surface area (Å²) < 4.78 is 65.0. The third kappa shape index (κ3) is 2.97. The number of anilines is 1. The molecule has 8 heteroatoms. The molecule has 0 fully saturated rings. The molecule has 0 unspecified atom stereocenters. The number of ether oxygens (including phenoxy) is 1. The molecule has 0 amide bonds. The molecule has 0 spiro atoms. The summed E-state index contributed by atoms with van der Waals surface area (Å²) in [7, 11) is 0. The lowest BCUT2D eigenvalue weighted by molar-refractivity contribution is -0.141. The van der Waals surface area contributed by atoms with Crippen molar-refractivity contribution < 1.29 is 26.7 Å². The minimum Gasteiger partial charge on any atom is -0.432 e. The topological polar surface area (TPSA) is 35.2 Å². The largest absolute Gasteiger partial charge is 0.432 e. The van der Waals surface area contributed by atoms with Crippen LogP contribution >= 0.6 is 15.9 Å². The first kappa shape index (κ1) is 13.0. The molecule has 1 rings (SSSR count). The van der Waals surface area contributed by atoms with Crippen molar-refractivity contribution in [3.05, 3.63) is 22.2 Å². The van der Waals surface area contributed by atoms with E-state index in [0.29, 0.717) is 6.07 Å². The highest BCUT2D eigenvalue weighted by molar-refractivity contribution is 9.10. The molecule has 0 bridgehead atoms. The second kappa shape index (κ2) is 4.44. The van der Waals surface area contributed by atoms with E-state index in [4.69, 9.17) is 5.73 Å². The molecule has 0 aliphatic heterocycles. The van der Waals surface area contributed by atoms with Gasteiger partial charge in [-0.15, -0.1) is 0 Å². The number of nitrogens with two attached hydrogens (primary N) is 1. The Morgan fingerprint density at radius 1 is 1.25 bits per heavy atom. The molecule has 0 saturated carbocycles. The number of nitrogen functional groups attached to an aromatic ring is 1. The van der Waals surface area contributed by atoms with Gasteiger partial charge >= 0.3 is 12.8 Å². The fourth-order valence-corrected chi connectivity index (χ4v) is 1.52. The molecule has 0 saturated heterocycles. The van der Waals surface area contributed by atoms with Crippen molar-refractivity contribution in [1.29, 1.82) is 0 Å². The highest BCUT2D eigenvalue weighted by Gasteiger charge is 2.36. The summed E-state index contributed by atoms with van der Waals surface area (Å²) in [5.74, 6) is -1.06. The molecule has 2 N–H and O–H groups in total. The third-order valence-electron chi connectivity index (χ3n) is 1.59. The summed E-state index contributed by atoms with van der Waals surface area (Å²) in [5, 5.41) is 0. The molecule has 0 aliphatic carbocycles. The van der Waals surface area contributed by atoms with E-state index in [-0.39, 0.29) is 4.47 Å². The summed E-state index contributed by atoms with van der Waals surface area (Å²) in [5.41, 5.74) is 3.32. The Bertz CT molecular complexity index is 393. The number of halogens is 6. The number of alkyl halides is 5. The molecule has 0 radical (unpaired) electrons. The summed E-state index contributed by atoms with van der Waals surface area (Å²) in [4.78, 5) is 0. The first-order chi connectivity index (χ1) is 7.21. The van der Waals surface area contributed by atoms with Crippen molar-refractivity contribution in [3.8, 4) is 5.75 Å². The summed E-state index contributed by atoms with van der Waals surface area (Å²) in [6.07, 6.45) is -4.82. The van der Waals surface area contributed by atoms with E-state index in [9.17, 15) is 22.0 Å². The summed E-state index contributed by atoms with van der Waals surface area (Å²) in [6.45, 7) is -3.37. The van der Waals surface area contributed by atoms with Gasteiger partial charge < -0.3 is 10.5 Å². The molecule has 1 aromatic carbocycles. The van der Waals surface area contributed by atoms with Gasteiger partial charge in [0.05, 0.1) is 5.69 Å². The van der Waals surface area contributed by atoms with Gasteiger partial charge in [0.15, 0.2) is 5.75 Å². The van der Waals surface area contributed by atoms with Gasteiger partial charge in [-0.3, -0.25) is 0 Å². The predicted octanol–water partition coefficient (Wildman–Crippen LogP) is 3.65. The quantitative estimate of drug-likeness (QED) is 0.668. The smallest absolute Gasteiger partial charge is 0.420 e. The Morgan fingerprint density at radius 3 is 2.25 bits per heavy atom. The summed E-state index contributed by atoms with van der Waals surface area (Å²) >= 11 is 2.78. The van der Waals surface area contributed by atoms with E-state index in [0.717, 1.165) is 6.07 Å². The average Bonchev–Trinajstić information content (AvgIpc) is 2.06. The Balaban J connectivity index is 3.33. The van der Waals surface area contributed by atoms with Crippen molar-refractivity contribution in [2.45, 2.75) is 12.8 Å². The van der Waals surface area contributed by atoms with Crippen LogP contribution in [-0.4, -0.2) is 6.61 Å². The molecule has 90 valence electrons. The molecular formula is C8H5BrF5NO. The molecule has 0 aromatic heterocycles. The van der Waals surface area contributed by atoms with Crippen molar-refractivity contribution >= 4 is 21.6 Å². The molecule has 1 aromatic rings. The first-order valence-corrected chi connectivity index (χ1v) is 4.62. The maximum absolute atomic E-state index is 12.5. The minimum atomic E-state index is -4.82. The monoisotopic (exact) mass is 305 g/mol. The lowest BCUT2D eigenvalue weighted by Gasteiger charge is -2.15. The maximum atomic E-state index is 12.5. The van der Waals surface area contributed by atoms with Crippen LogP contribution in [0.1, 0.15) is 5.56 Å². The van der Waals surface area contributed by atoms with E-state index in [1.165, 1.54) is 0 Å². The zero-order valence-corrected chi connectivity index (χ0v) is 9.07. The van der Waals surface area contributed by atoms with Crippen molar-refractivity contribution in [3.63, 3.8) is 0 Å². The zero-order valence-electron chi connectivity index (χ0n) is 7.49. The van der Waals surface area contributed by atoms with Gasteiger partial charge in [-0.1, -0.05) is 15.9 Å². The average molecular weight is 306 g/mol. The highest BCUT2D eigenvalue weighted by Crippen LogP contribution is 2.42. The van der Waals surface area contributed by atoms with E-state index in [1.54, 1.807) is 0 Å². The van der Waals surface area contributed by atoms with E-state index in [2.05, 4.69) is 20.7 Å². The van der Waals surface area contributed by atoms with Crippen LogP contribution in [-0.2, 0) is 6.18 Å². The fourth-order valence-electron chi connectivity index (χ4n) is 1.05. The Labute approximate surface area is 95.3 Å². The minimum absolute atomic E-state index is 0.0268. The van der Waals surface area contributed by atoms with Crippen LogP contribution in [0.5, 0.6) is 5.75 Å². The lowest BCUT2D eigenvalue weighted by atomic mass is 10.1. The van der Waals surface area contributed by atoms with Crippen LogP contribution in [0.25, 0.3) is 0 Å². The molecule has 16 heavy (non-hydrogen) atoms. The Morgan fingerprint density at radius 2 is 1.81 bits per heavy atom. The highest BCUT2D eigenvalue weighted by atomic mass is 79.9. The molecule has 0 aliphatic rings. The van der Waals surface area contributed by atoms with E-state index in [1.807, 2.05) is 0 Å². The SMILES string of the molecule is Nc1cc(Br)cc(C(F)(F)F)c1OC(F)F. The van der Waals surface area contributed by atoms with Gasteiger partial charge in [-0.05, 0) is 12.1 Å². The number of benzene rings is 1. The molecule has 2 nitrogen and oxygen atoms in total. The van der Waals surface area contributed by atoms with Gasteiger partial charge in [0.1, 0.15) is 5.56 Å². The first-order valence-electron chi connectivity index (χ1n) is 3.83. The standard InChI is InChI=1S/C8H5BrF5NO/c9-3-1-4(8(12,13)14)6(5(15)2-3)16-7(10)11/h1-2,7H,15H2. The van der Waals surface area contributed by atoms with E-state index < -0.39 is 29.8 Å². The van der Waals surface area contributed by atoms with Crippen LogP contribution in [0.15, 0.2) is 16.6 Å². The van der Waals surface area contributed by atoms with Gasteiger partial charge in [0.25, 0.3) is 0 Å². The number of hydrogen-bond donors (Lipinski definition) is 1. The second-order valence-electron chi connectivity index (χ2n) is 2.75. The van der Waals surface area contributed by atoms with Crippen LogP contribution in [0.3, 0.4) is 0 Å². The normalized spacial score (nSPS) is 11.9. The molecule has 0 atom stereocenters. The molecule has 0 heterocycles. The lowest BCUT2D eigenvalue weighted by Crippen LogP contribution is -2.13. The van der Waals surface area contributed by atoms with Gasteiger partial charge in [0.2, 0.25) is 0 Å². The molecular weight excluding hydrogens is 301 g/mol. The van der Waals surface area contributed by atoms with Gasteiger partial charge in [-0.25, -0.2) is 0 Å². The van der Waals surface area contributed by atoms with Crippen LogP contribution in [0.2, 0.25) is 0 Å². The van der Waals surface area contributed by atoms with Gasteiger partial charge in [0, 0.05) is 4.47 Å². The number of rotatable bonds is 2. The Kier molecular flexibility index (Phi) is 3.61. The van der Waals surface area contributed by atoms with Crippen molar-refractivity contribution in [2.75, 3.05) is 5.73 Å². The second-order valence-corrected chi connectivity index (χ2v) is 3.66. The third-order valence-corrected chi connectivity index (χ3v) is 2.05.